The van der Waals surface area contributed by atoms with E-state index in [0.717, 1.165) is 12.0 Å². The highest BCUT2D eigenvalue weighted by Crippen LogP contribution is 2.15. The van der Waals surface area contributed by atoms with Gasteiger partial charge in [0.2, 0.25) is 0 Å². The van der Waals surface area contributed by atoms with E-state index in [0.29, 0.717) is 24.2 Å². The van der Waals surface area contributed by atoms with Crippen LogP contribution in [-0.4, -0.2) is 36.4 Å². The normalized spacial score (nSPS) is 20.7. The summed E-state index contributed by atoms with van der Waals surface area (Å²) in [5.74, 6) is 5.72. The molecule has 2 rings (SSSR count). The SMILES string of the molecule is Cc1ccc(C(=O)NC2CCOC2C)c(C#CCCO)c1. The number of aryl methyl sites for hydroxylation is 1. The van der Waals surface area contributed by atoms with Crippen LogP contribution in [0.4, 0.5) is 0 Å². The largest absolute Gasteiger partial charge is 0.395 e. The Bertz CT molecular complexity index is 571. The van der Waals surface area contributed by atoms with Gasteiger partial charge in [0.15, 0.2) is 0 Å². The quantitative estimate of drug-likeness (QED) is 0.831. The second-order valence-electron chi connectivity index (χ2n) is 5.27. The van der Waals surface area contributed by atoms with Crippen LogP contribution in [0.25, 0.3) is 0 Å². The Balaban J connectivity index is 2.18. The summed E-state index contributed by atoms with van der Waals surface area (Å²) in [7, 11) is 0. The Hall–Kier alpha value is -1.83. The molecule has 2 atom stereocenters. The fourth-order valence-electron chi connectivity index (χ4n) is 2.34. The molecule has 2 N–H and O–H groups in total. The summed E-state index contributed by atoms with van der Waals surface area (Å²) >= 11 is 0. The molecule has 1 heterocycles. The van der Waals surface area contributed by atoms with Gasteiger partial charge in [0, 0.05) is 18.6 Å². The molecule has 1 amide bonds. The van der Waals surface area contributed by atoms with Crippen molar-refractivity contribution in [2.75, 3.05) is 13.2 Å². The minimum Gasteiger partial charge on any atom is -0.395 e. The minimum absolute atomic E-state index is 0.0251. The van der Waals surface area contributed by atoms with E-state index in [2.05, 4.69) is 17.2 Å². The first-order valence-electron chi connectivity index (χ1n) is 7.24. The first-order valence-corrected chi connectivity index (χ1v) is 7.24. The van der Waals surface area contributed by atoms with Gasteiger partial charge in [-0.15, -0.1) is 0 Å². The zero-order valence-corrected chi connectivity index (χ0v) is 12.5. The van der Waals surface area contributed by atoms with E-state index in [1.54, 1.807) is 6.07 Å². The summed E-state index contributed by atoms with van der Waals surface area (Å²) in [6.07, 6.45) is 1.29. The summed E-state index contributed by atoms with van der Waals surface area (Å²) in [5.41, 5.74) is 2.33. The van der Waals surface area contributed by atoms with Gasteiger partial charge in [-0.25, -0.2) is 0 Å². The predicted molar refractivity (Wildman–Crippen MR) is 81.0 cm³/mol. The van der Waals surface area contributed by atoms with Gasteiger partial charge in [-0.3, -0.25) is 4.79 Å². The smallest absolute Gasteiger partial charge is 0.252 e. The number of benzene rings is 1. The third-order valence-corrected chi connectivity index (χ3v) is 3.57. The van der Waals surface area contributed by atoms with Crippen LogP contribution in [0, 0.1) is 18.8 Å². The molecule has 4 heteroatoms. The Morgan fingerprint density at radius 3 is 3.00 bits per heavy atom. The fraction of sp³-hybridized carbons (Fsp3) is 0.471. The molecule has 1 fully saturated rings. The van der Waals surface area contributed by atoms with Gasteiger partial charge in [0.25, 0.3) is 5.91 Å². The molecule has 4 nitrogen and oxygen atoms in total. The lowest BCUT2D eigenvalue weighted by molar-refractivity contribution is 0.0866. The molecular weight excluding hydrogens is 266 g/mol. The Morgan fingerprint density at radius 1 is 1.52 bits per heavy atom. The zero-order chi connectivity index (χ0) is 15.2. The molecular formula is C17H21NO3. The molecule has 1 aromatic carbocycles. The van der Waals surface area contributed by atoms with Crippen molar-refractivity contribution in [3.05, 3.63) is 34.9 Å². The molecule has 1 aliphatic heterocycles. The topological polar surface area (TPSA) is 58.6 Å². The molecule has 0 bridgehead atoms. The second kappa shape index (κ2) is 7.26. The lowest BCUT2D eigenvalue weighted by Gasteiger charge is -2.16. The van der Waals surface area contributed by atoms with Gasteiger partial charge in [-0.05, 0) is 38.0 Å². The molecule has 0 aliphatic carbocycles. The highest BCUT2D eigenvalue weighted by molar-refractivity contribution is 5.97. The first-order chi connectivity index (χ1) is 10.1. The molecule has 21 heavy (non-hydrogen) atoms. The summed E-state index contributed by atoms with van der Waals surface area (Å²) in [4.78, 5) is 12.4. The van der Waals surface area contributed by atoms with Crippen molar-refractivity contribution < 1.29 is 14.6 Å². The fourth-order valence-corrected chi connectivity index (χ4v) is 2.34. The molecule has 112 valence electrons. The van der Waals surface area contributed by atoms with Gasteiger partial charge in [-0.2, -0.15) is 0 Å². The molecule has 0 spiro atoms. The summed E-state index contributed by atoms with van der Waals surface area (Å²) in [6, 6.07) is 5.65. The third-order valence-electron chi connectivity index (χ3n) is 3.57. The summed E-state index contributed by atoms with van der Waals surface area (Å²) in [6.45, 7) is 4.64. The van der Waals surface area contributed by atoms with Crippen molar-refractivity contribution in [2.45, 2.75) is 38.8 Å². The number of aliphatic hydroxyl groups is 1. The number of ether oxygens (including phenoxy) is 1. The van der Waals surface area contributed by atoms with Gasteiger partial charge in [0.1, 0.15) is 0 Å². The number of rotatable bonds is 3. The van der Waals surface area contributed by atoms with Crippen molar-refractivity contribution in [3.8, 4) is 11.8 Å². The number of hydrogen-bond donors (Lipinski definition) is 2. The highest BCUT2D eigenvalue weighted by Gasteiger charge is 2.26. The predicted octanol–water partition coefficient (Wildman–Crippen LogP) is 1.64. The van der Waals surface area contributed by atoms with Crippen LogP contribution in [-0.2, 0) is 4.74 Å². The number of aliphatic hydroxyl groups excluding tert-OH is 1. The van der Waals surface area contributed by atoms with Crippen LogP contribution in [0.15, 0.2) is 18.2 Å². The van der Waals surface area contributed by atoms with Gasteiger partial charge in [-0.1, -0.05) is 17.9 Å². The average Bonchev–Trinajstić information content (AvgIpc) is 2.84. The Kier molecular flexibility index (Phi) is 5.38. The van der Waals surface area contributed by atoms with Gasteiger partial charge >= 0.3 is 0 Å². The highest BCUT2D eigenvalue weighted by atomic mass is 16.5. The van der Waals surface area contributed by atoms with E-state index in [4.69, 9.17) is 9.84 Å². The van der Waals surface area contributed by atoms with E-state index in [9.17, 15) is 4.79 Å². The average molecular weight is 287 g/mol. The number of carbonyl (C=O) groups is 1. The van der Waals surface area contributed by atoms with Crippen LogP contribution < -0.4 is 5.32 Å². The maximum absolute atomic E-state index is 12.4. The van der Waals surface area contributed by atoms with Crippen molar-refractivity contribution in [2.24, 2.45) is 0 Å². The van der Waals surface area contributed by atoms with Crippen molar-refractivity contribution >= 4 is 5.91 Å². The van der Waals surface area contributed by atoms with Crippen LogP contribution in [0.2, 0.25) is 0 Å². The first kappa shape index (κ1) is 15.6. The van der Waals surface area contributed by atoms with E-state index >= 15 is 0 Å². The molecule has 1 aliphatic rings. The maximum atomic E-state index is 12.4. The Labute approximate surface area is 125 Å². The lowest BCUT2D eigenvalue weighted by Crippen LogP contribution is -2.39. The molecule has 0 aromatic heterocycles. The molecule has 0 radical (unpaired) electrons. The number of carbonyl (C=O) groups excluding carboxylic acids is 1. The van der Waals surface area contributed by atoms with Crippen LogP contribution in [0.3, 0.4) is 0 Å². The number of hydrogen-bond acceptors (Lipinski definition) is 3. The summed E-state index contributed by atoms with van der Waals surface area (Å²) in [5, 5.41) is 11.8. The van der Waals surface area contributed by atoms with E-state index in [1.807, 2.05) is 26.0 Å². The van der Waals surface area contributed by atoms with E-state index < -0.39 is 0 Å². The summed E-state index contributed by atoms with van der Waals surface area (Å²) < 4.78 is 5.46. The lowest BCUT2D eigenvalue weighted by atomic mass is 10.0. The van der Waals surface area contributed by atoms with E-state index in [-0.39, 0.29) is 24.7 Å². The maximum Gasteiger partial charge on any atom is 0.252 e. The molecule has 1 saturated heterocycles. The zero-order valence-electron chi connectivity index (χ0n) is 12.5. The Morgan fingerprint density at radius 2 is 2.33 bits per heavy atom. The second-order valence-corrected chi connectivity index (χ2v) is 5.27. The standard InChI is InChI=1S/C17H21NO3/c1-12-6-7-15(14(11-12)5-3-4-9-19)17(20)18-16-8-10-21-13(16)2/h6-7,11,13,16,19H,4,8-10H2,1-2H3,(H,18,20). The monoisotopic (exact) mass is 287 g/mol. The van der Waals surface area contributed by atoms with E-state index in [1.165, 1.54) is 0 Å². The van der Waals surface area contributed by atoms with Gasteiger partial charge in [0.05, 0.1) is 24.3 Å². The molecule has 2 unspecified atom stereocenters. The van der Waals surface area contributed by atoms with Crippen LogP contribution in [0.1, 0.15) is 41.3 Å². The van der Waals surface area contributed by atoms with Crippen molar-refractivity contribution in [1.29, 1.82) is 0 Å². The van der Waals surface area contributed by atoms with Crippen molar-refractivity contribution in [1.82, 2.24) is 5.32 Å². The van der Waals surface area contributed by atoms with Gasteiger partial charge < -0.3 is 15.2 Å². The number of amides is 1. The molecule has 0 saturated carbocycles. The van der Waals surface area contributed by atoms with Crippen LogP contribution in [0.5, 0.6) is 0 Å². The third kappa shape index (κ3) is 4.07. The molecule has 1 aromatic rings. The van der Waals surface area contributed by atoms with Crippen LogP contribution >= 0.6 is 0 Å². The minimum atomic E-state index is -0.120. The number of nitrogens with one attached hydrogen (secondary N) is 1. The van der Waals surface area contributed by atoms with Crippen molar-refractivity contribution in [3.63, 3.8) is 0 Å².